The highest BCUT2D eigenvalue weighted by atomic mass is 32.2. The van der Waals surface area contributed by atoms with Gasteiger partial charge in [0.2, 0.25) is 10.0 Å². The molecule has 0 amide bonds. The van der Waals surface area contributed by atoms with Crippen molar-refractivity contribution in [3.05, 3.63) is 57.8 Å². The van der Waals surface area contributed by atoms with Gasteiger partial charge in [-0.15, -0.1) is 0 Å². The summed E-state index contributed by atoms with van der Waals surface area (Å²) in [5.74, 6) is 0.618. The molecule has 3 heterocycles. The Kier molecular flexibility index (Phi) is 4.70. The minimum Gasteiger partial charge on any atom is -0.355 e. The van der Waals surface area contributed by atoms with E-state index < -0.39 is 20.2 Å². The largest absolute Gasteiger partial charge is 0.355 e. The number of rotatable bonds is 4. The number of aryl methyl sites for hydroxylation is 1. The Bertz CT molecular complexity index is 1020. The van der Waals surface area contributed by atoms with Gasteiger partial charge in [-0.3, -0.25) is 14.4 Å². The molecule has 0 saturated carbocycles. The maximum absolute atomic E-state index is 13.3. The maximum Gasteiger partial charge on any atom is 0.287 e. The summed E-state index contributed by atoms with van der Waals surface area (Å²) in [7, 11) is -3.49. The molecule has 1 aromatic carbocycles. The van der Waals surface area contributed by atoms with E-state index in [9.17, 15) is 18.5 Å². The van der Waals surface area contributed by atoms with Crippen LogP contribution in [0.2, 0.25) is 0 Å². The number of aromatic nitrogens is 1. The predicted octanol–water partition coefficient (Wildman–Crippen LogP) is 2.66. The quantitative estimate of drug-likeness (QED) is 0.576. The van der Waals surface area contributed by atoms with E-state index in [4.69, 9.17) is 0 Å². The van der Waals surface area contributed by atoms with Crippen LogP contribution in [0.4, 0.5) is 17.2 Å². The zero-order valence-corrected chi connectivity index (χ0v) is 16.4. The second-order valence-corrected chi connectivity index (χ2v) is 9.43. The molecule has 0 bridgehead atoms. The molecule has 2 aromatic rings. The van der Waals surface area contributed by atoms with Crippen LogP contribution in [0.3, 0.4) is 0 Å². The first-order valence-corrected chi connectivity index (χ1v) is 10.8. The topological polar surface area (TPSA) is 96.6 Å². The Hall–Kier alpha value is -2.68. The van der Waals surface area contributed by atoms with Crippen molar-refractivity contribution in [3.8, 4) is 0 Å². The molecule has 148 valence electrons. The van der Waals surface area contributed by atoms with Gasteiger partial charge in [-0.1, -0.05) is 18.2 Å². The average molecular weight is 402 g/mol. The van der Waals surface area contributed by atoms with Crippen molar-refractivity contribution in [2.75, 3.05) is 28.8 Å². The zero-order chi connectivity index (χ0) is 19.9. The lowest BCUT2D eigenvalue weighted by molar-refractivity contribution is -0.385. The van der Waals surface area contributed by atoms with Crippen LogP contribution in [0.25, 0.3) is 0 Å². The number of hydrogen-bond donors (Lipinski definition) is 0. The van der Waals surface area contributed by atoms with Gasteiger partial charge in [0, 0.05) is 25.7 Å². The highest BCUT2D eigenvalue weighted by Gasteiger charge is 2.38. The molecule has 2 aliphatic heterocycles. The molecule has 1 fully saturated rings. The zero-order valence-electron chi connectivity index (χ0n) is 15.6. The summed E-state index contributed by atoms with van der Waals surface area (Å²) in [5.41, 5.74) is 2.46. The van der Waals surface area contributed by atoms with E-state index in [-0.39, 0.29) is 5.69 Å². The third kappa shape index (κ3) is 3.19. The maximum atomic E-state index is 13.3. The number of pyridine rings is 1. The van der Waals surface area contributed by atoms with Gasteiger partial charge in [0.15, 0.2) is 0 Å². The van der Waals surface area contributed by atoms with Crippen molar-refractivity contribution < 1.29 is 13.3 Å². The lowest BCUT2D eigenvalue weighted by Crippen LogP contribution is -2.48. The van der Waals surface area contributed by atoms with Crippen LogP contribution in [0.5, 0.6) is 0 Å². The van der Waals surface area contributed by atoms with E-state index in [1.165, 1.54) is 12.3 Å². The molecule has 1 atom stereocenters. The molecule has 2 aliphatic rings. The minimum absolute atomic E-state index is 0.0592. The van der Waals surface area contributed by atoms with E-state index in [1.54, 1.807) is 11.2 Å². The molecule has 1 aromatic heterocycles. The van der Waals surface area contributed by atoms with Gasteiger partial charge in [0.25, 0.3) is 5.69 Å². The third-order valence-corrected chi connectivity index (χ3v) is 7.72. The fraction of sp³-hybridized carbons (Fsp3) is 0.421. The Morgan fingerprint density at radius 2 is 2.04 bits per heavy atom. The van der Waals surface area contributed by atoms with E-state index in [0.29, 0.717) is 37.4 Å². The molecule has 0 spiro atoms. The molecule has 0 aliphatic carbocycles. The molecule has 4 rings (SSSR count). The van der Waals surface area contributed by atoms with Gasteiger partial charge in [-0.05, 0) is 43.4 Å². The fourth-order valence-electron chi connectivity index (χ4n) is 4.11. The number of nitrogens with zero attached hydrogens (tertiary/aromatic N) is 4. The molecular weight excluding hydrogens is 380 g/mol. The average Bonchev–Trinajstić information content (AvgIpc) is 3.13. The summed E-state index contributed by atoms with van der Waals surface area (Å²) in [6.45, 7) is 3.28. The first-order valence-electron chi connectivity index (χ1n) is 9.33. The number of benzene rings is 1. The highest BCUT2D eigenvalue weighted by Crippen LogP contribution is 2.34. The molecule has 1 saturated heterocycles. The third-order valence-electron chi connectivity index (χ3n) is 5.50. The minimum atomic E-state index is -3.49. The summed E-state index contributed by atoms with van der Waals surface area (Å²) >= 11 is 0. The van der Waals surface area contributed by atoms with Crippen LogP contribution in [-0.2, 0) is 16.4 Å². The Morgan fingerprint density at radius 1 is 1.25 bits per heavy atom. The summed E-state index contributed by atoms with van der Waals surface area (Å²) in [6, 6.07) is 9.12. The number of hydrogen-bond acceptors (Lipinski definition) is 6. The SMILES string of the molecule is Cc1cc([N+](=O)[O-])cnc1N1CCCC(S(=O)(=O)N2CCc3ccccc32)C1. The summed E-state index contributed by atoms with van der Waals surface area (Å²) in [5, 5.41) is 10.4. The standard InChI is InChI=1S/C19H22N4O4S/c1-14-11-16(23(24)25)12-20-19(14)21-9-4-6-17(13-21)28(26,27)22-10-8-15-5-2-3-7-18(15)22/h2-3,5,7,11-12,17H,4,6,8-10,13H2,1H3. The van der Waals surface area contributed by atoms with E-state index >= 15 is 0 Å². The normalized spacial score (nSPS) is 19.5. The molecule has 28 heavy (non-hydrogen) atoms. The van der Waals surface area contributed by atoms with Crippen molar-refractivity contribution >= 4 is 27.2 Å². The number of para-hydroxylation sites is 1. The Morgan fingerprint density at radius 3 is 2.79 bits per heavy atom. The van der Waals surface area contributed by atoms with Gasteiger partial charge in [-0.25, -0.2) is 13.4 Å². The van der Waals surface area contributed by atoms with Gasteiger partial charge < -0.3 is 4.90 Å². The van der Waals surface area contributed by atoms with E-state index in [0.717, 1.165) is 24.1 Å². The number of anilines is 2. The first-order chi connectivity index (χ1) is 13.4. The predicted molar refractivity (Wildman–Crippen MR) is 107 cm³/mol. The molecule has 1 unspecified atom stereocenters. The van der Waals surface area contributed by atoms with Gasteiger partial charge in [0.05, 0.1) is 15.9 Å². The lowest BCUT2D eigenvalue weighted by Gasteiger charge is -2.36. The molecule has 0 radical (unpaired) electrons. The second kappa shape index (κ2) is 7.05. The van der Waals surface area contributed by atoms with Gasteiger partial charge in [0.1, 0.15) is 12.0 Å². The van der Waals surface area contributed by atoms with Crippen LogP contribution >= 0.6 is 0 Å². The summed E-state index contributed by atoms with van der Waals surface area (Å²) < 4.78 is 28.2. The monoisotopic (exact) mass is 402 g/mol. The molecule has 9 heteroatoms. The summed E-state index contributed by atoms with van der Waals surface area (Å²) in [4.78, 5) is 16.7. The van der Waals surface area contributed by atoms with Crippen molar-refractivity contribution in [1.82, 2.24) is 4.98 Å². The Balaban J connectivity index is 1.58. The number of sulfonamides is 1. The van der Waals surface area contributed by atoms with E-state index in [2.05, 4.69) is 4.98 Å². The Labute approximate surface area is 164 Å². The van der Waals surface area contributed by atoms with Crippen LogP contribution in [-0.4, -0.2) is 43.2 Å². The van der Waals surface area contributed by atoms with Crippen molar-refractivity contribution in [3.63, 3.8) is 0 Å². The van der Waals surface area contributed by atoms with Crippen LogP contribution in [0.15, 0.2) is 36.5 Å². The number of nitro groups is 1. The van der Waals surface area contributed by atoms with Crippen LogP contribution < -0.4 is 9.21 Å². The van der Waals surface area contributed by atoms with Gasteiger partial charge in [-0.2, -0.15) is 0 Å². The number of piperidine rings is 1. The van der Waals surface area contributed by atoms with E-state index in [1.807, 2.05) is 29.2 Å². The number of fused-ring (bicyclic) bond motifs is 1. The van der Waals surface area contributed by atoms with Crippen LogP contribution in [0.1, 0.15) is 24.0 Å². The first kappa shape index (κ1) is 18.7. The van der Waals surface area contributed by atoms with Crippen molar-refractivity contribution in [2.24, 2.45) is 0 Å². The fourth-order valence-corrected chi connectivity index (χ4v) is 6.10. The molecule has 0 N–H and O–H groups in total. The molecular formula is C19H22N4O4S. The summed E-state index contributed by atoms with van der Waals surface area (Å²) in [6.07, 6.45) is 3.30. The highest BCUT2D eigenvalue weighted by molar-refractivity contribution is 7.93. The van der Waals surface area contributed by atoms with Crippen molar-refractivity contribution in [1.29, 1.82) is 0 Å². The smallest absolute Gasteiger partial charge is 0.287 e. The molecule has 8 nitrogen and oxygen atoms in total. The lowest BCUT2D eigenvalue weighted by atomic mass is 10.1. The van der Waals surface area contributed by atoms with Gasteiger partial charge >= 0.3 is 0 Å². The second-order valence-electron chi connectivity index (χ2n) is 7.30. The van der Waals surface area contributed by atoms with Crippen LogP contribution in [0, 0.1) is 17.0 Å². The van der Waals surface area contributed by atoms with Crippen molar-refractivity contribution in [2.45, 2.75) is 31.4 Å².